The maximum Gasteiger partial charge on any atom is 0.272 e. The minimum absolute atomic E-state index is 0.0595. The van der Waals surface area contributed by atoms with E-state index in [0.29, 0.717) is 35.8 Å². The summed E-state index contributed by atoms with van der Waals surface area (Å²) in [4.78, 5) is 12.6. The van der Waals surface area contributed by atoms with Crippen LogP contribution in [0.1, 0.15) is 0 Å². The van der Waals surface area contributed by atoms with Crippen LogP contribution in [0.3, 0.4) is 0 Å². The molecule has 0 amide bonds. The van der Waals surface area contributed by atoms with E-state index < -0.39 is 19.2 Å². The fraction of sp³-hybridized carbons (Fsp3) is 0.353. The summed E-state index contributed by atoms with van der Waals surface area (Å²) in [5, 5.41) is 6.12. The Labute approximate surface area is 152 Å². The zero-order valence-electron chi connectivity index (χ0n) is 14.1. The van der Waals surface area contributed by atoms with Crippen LogP contribution in [0.25, 0.3) is 16.9 Å². The summed E-state index contributed by atoms with van der Waals surface area (Å²) in [5.74, 6) is 0.576. The van der Waals surface area contributed by atoms with Crippen LogP contribution >= 0.6 is 0 Å². The Balaban J connectivity index is 1.68. The zero-order valence-corrected chi connectivity index (χ0v) is 14.1. The largest absolute Gasteiger partial charge is 0.471 e. The Bertz CT molecular complexity index is 934. The highest BCUT2D eigenvalue weighted by Crippen LogP contribution is 2.28. The Morgan fingerprint density at radius 3 is 2.93 bits per heavy atom. The number of hydrogen-bond acceptors (Lipinski definition) is 6. The Hall–Kier alpha value is -2.88. The molecule has 0 aliphatic carbocycles. The molecule has 27 heavy (non-hydrogen) atoms. The van der Waals surface area contributed by atoms with Crippen LogP contribution in [0, 0.1) is 0 Å². The summed E-state index contributed by atoms with van der Waals surface area (Å²) in [6.45, 7) is 0.0562. The summed E-state index contributed by atoms with van der Waals surface area (Å²) in [7, 11) is 0. The number of ether oxygens (including phenoxy) is 1. The number of halogens is 3. The van der Waals surface area contributed by atoms with Crippen molar-refractivity contribution in [3.8, 4) is 17.1 Å². The van der Waals surface area contributed by atoms with Gasteiger partial charge in [0, 0.05) is 24.8 Å². The average molecular weight is 378 g/mol. The summed E-state index contributed by atoms with van der Waals surface area (Å²) in [5.41, 5.74) is 1.89. The molecule has 4 heterocycles. The third-order valence-corrected chi connectivity index (χ3v) is 4.28. The van der Waals surface area contributed by atoms with Gasteiger partial charge in [0.2, 0.25) is 5.88 Å². The fourth-order valence-corrected chi connectivity index (χ4v) is 2.98. The van der Waals surface area contributed by atoms with Crippen LogP contribution in [0.15, 0.2) is 36.9 Å². The third-order valence-electron chi connectivity index (χ3n) is 4.28. The van der Waals surface area contributed by atoms with Crippen molar-refractivity contribution in [2.24, 2.45) is 0 Å². The smallest absolute Gasteiger partial charge is 0.272 e. The number of pyridine rings is 1. The van der Waals surface area contributed by atoms with E-state index in [-0.39, 0.29) is 11.9 Å². The Morgan fingerprint density at radius 1 is 1.26 bits per heavy atom. The minimum Gasteiger partial charge on any atom is -0.471 e. The van der Waals surface area contributed by atoms with Crippen LogP contribution in [0.5, 0.6) is 5.88 Å². The first-order chi connectivity index (χ1) is 13.1. The summed E-state index contributed by atoms with van der Waals surface area (Å²) < 4.78 is 45.4. The van der Waals surface area contributed by atoms with Crippen molar-refractivity contribution in [1.29, 1.82) is 0 Å². The first-order valence-electron chi connectivity index (χ1n) is 8.42. The van der Waals surface area contributed by atoms with E-state index in [9.17, 15) is 13.2 Å². The molecular weight excluding hydrogens is 361 g/mol. The summed E-state index contributed by atoms with van der Waals surface area (Å²) in [6.07, 6.45) is 2.56. The molecule has 1 fully saturated rings. The number of nitrogens with one attached hydrogen (secondary N) is 2. The fourth-order valence-electron chi connectivity index (χ4n) is 2.98. The van der Waals surface area contributed by atoms with E-state index in [1.54, 1.807) is 22.9 Å². The van der Waals surface area contributed by atoms with Gasteiger partial charge >= 0.3 is 0 Å². The standard InChI is InChI=1S/C17H17F3N6O/c18-11-4-21-5-12(11)25-17-10(2-1-3-22-17)13-6-23-15-7-24-16(8-26(13)15)27-9-14(19)20/h1-3,6-8,11-12,14,21H,4-5,9H2,(H,22,25)/t11-,12-/m0/s1. The molecule has 4 rings (SSSR count). The van der Waals surface area contributed by atoms with Gasteiger partial charge in [-0.15, -0.1) is 0 Å². The van der Waals surface area contributed by atoms with Gasteiger partial charge in [0.25, 0.3) is 6.43 Å². The van der Waals surface area contributed by atoms with Gasteiger partial charge in [0.05, 0.1) is 30.3 Å². The highest BCUT2D eigenvalue weighted by atomic mass is 19.3. The lowest BCUT2D eigenvalue weighted by atomic mass is 10.1. The van der Waals surface area contributed by atoms with Gasteiger partial charge < -0.3 is 15.4 Å². The number of hydrogen-bond donors (Lipinski definition) is 2. The normalized spacial score (nSPS) is 19.7. The van der Waals surface area contributed by atoms with E-state index in [0.717, 1.165) is 0 Å². The molecule has 0 aromatic carbocycles. The highest BCUT2D eigenvalue weighted by molar-refractivity contribution is 5.74. The van der Waals surface area contributed by atoms with Crippen LogP contribution in [0.4, 0.5) is 19.0 Å². The van der Waals surface area contributed by atoms with Crippen molar-refractivity contribution < 1.29 is 17.9 Å². The van der Waals surface area contributed by atoms with Crippen LogP contribution < -0.4 is 15.4 Å². The van der Waals surface area contributed by atoms with Crippen molar-refractivity contribution in [3.05, 3.63) is 36.9 Å². The molecule has 1 saturated heterocycles. The molecule has 1 aliphatic heterocycles. The number of aromatic nitrogens is 4. The van der Waals surface area contributed by atoms with Crippen molar-refractivity contribution >= 4 is 11.5 Å². The van der Waals surface area contributed by atoms with Crippen molar-refractivity contribution in [1.82, 2.24) is 24.7 Å². The van der Waals surface area contributed by atoms with Crippen molar-refractivity contribution in [2.75, 3.05) is 25.0 Å². The molecule has 1 aliphatic rings. The van der Waals surface area contributed by atoms with E-state index in [2.05, 4.69) is 25.6 Å². The average Bonchev–Trinajstić information content (AvgIpc) is 3.26. The third kappa shape index (κ3) is 3.65. The molecular formula is C17H17F3N6O. The van der Waals surface area contributed by atoms with Gasteiger partial charge in [-0.3, -0.25) is 4.40 Å². The maximum absolute atomic E-state index is 13.9. The second-order valence-electron chi connectivity index (χ2n) is 6.12. The molecule has 2 N–H and O–H groups in total. The van der Waals surface area contributed by atoms with Crippen LogP contribution in [0.2, 0.25) is 0 Å². The van der Waals surface area contributed by atoms with Gasteiger partial charge in [0.1, 0.15) is 12.0 Å². The lowest BCUT2D eigenvalue weighted by Crippen LogP contribution is -2.30. The van der Waals surface area contributed by atoms with Gasteiger partial charge in [-0.1, -0.05) is 0 Å². The molecule has 142 valence electrons. The number of fused-ring (bicyclic) bond motifs is 1. The number of nitrogens with zero attached hydrogens (tertiary/aromatic N) is 4. The summed E-state index contributed by atoms with van der Waals surface area (Å²) in [6, 6.07) is 3.20. The summed E-state index contributed by atoms with van der Waals surface area (Å²) >= 11 is 0. The quantitative estimate of drug-likeness (QED) is 0.685. The molecule has 3 aromatic rings. The van der Waals surface area contributed by atoms with Gasteiger partial charge in [-0.25, -0.2) is 28.1 Å². The lowest BCUT2D eigenvalue weighted by Gasteiger charge is -2.17. The number of alkyl halides is 3. The molecule has 0 radical (unpaired) electrons. The Kier molecular flexibility index (Phi) is 4.80. The topological polar surface area (TPSA) is 76.4 Å². The molecule has 0 bridgehead atoms. The molecule has 3 aromatic heterocycles. The zero-order chi connectivity index (χ0) is 18.8. The molecule has 10 heteroatoms. The molecule has 0 unspecified atom stereocenters. The number of rotatable bonds is 6. The maximum atomic E-state index is 13.9. The van der Waals surface area contributed by atoms with Crippen LogP contribution in [-0.2, 0) is 0 Å². The number of anilines is 1. The van der Waals surface area contributed by atoms with Gasteiger partial charge in [-0.2, -0.15) is 0 Å². The number of imidazole rings is 1. The van der Waals surface area contributed by atoms with E-state index in [4.69, 9.17) is 4.74 Å². The Morgan fingerprint density at radius 2 is 2.15 bits per heavy atom. The van der Waals surface area contributed by atoms with Gasteiger partial charge in [0.15, 0.2) is 12.3 Å². The first kappa shape index (κ1) is 17.5. The predicted octanol–water partition coefficient (Wildman–Crippen LogP) is 2.16. The molecule has 2 atom stereocenters. The second-order valence-corrected chi connectivity index (χ2v) is 6.12. The molecule has 0 spiro atoms. The predicted molar refractivity (Wildman–Crippen MR) is 92.9 cm³/mol. The first-order valence-corrected chi connectivity index (χ1v) is 8.42. The van der Waals surface area contributed by atoms with E-state index in [1.165, 1.54) is 12.4 Å². The second kappa shape index (κ2) is 7.39. The molecule has 7 nitrogen and oxygen atoms in total. The molecule has 0 saturated carbocycles. The van der Waals surface area contributed by atoms with E-state index >= 15 is 0 Å². The van der Waals surface area contributed by atoms with Crippen LogP contribution in [-0.4, -0.2) is 57.7 Å². The van der Waals surface area contributed by atoms with Crippen molar-refractivity contribution in [3.63, 3.8) is 0 Å². The minimum atomic E-state index is -2.59. The highest BCUT2D eigenvalue weighted by Gasteiger charge is 2.27. The van der Waals surface area contributed by atoms with E-state index in [1.807, 2.05) is 6.07 Å². The monoisotopic (exact) mass is 378 g/mol. The van der Waals surface area contributed by atoms with Crippen molar-refractivity contribution in [2.45, 2.75) is 18.6 Å². The van der Waals surface area contributed by atoms with Gasteiger partial charge in [-0.05, 0) is 12.1 Å². The lowest BCUT2D eigenvalue weighted by molar-refractivity contribution is 0.0793. The SMILES string of the molecule is FC(F)COc1cn2c(-c3cccnc3N[C@H]3CNC[C@@H]3F)cnc2cn1.